The maximum atomic E-state index is 12.5. The lowest BCUT2D eigenvalue weighted by atomic mass is 9.92. The van der Waals surface area contributed by atoms with E-state index < -0.39 is 29.2 Å². The minimum Gasteiger partial charge on any atom is -0.506 e. The molecule has 0 saturated heterocycles. The topological polar surface area (TPSA) is 119 Å². The second kappa shape index (κ2) is 8.47. The second-order valence-corrected chi connectivity index (χ2v) is 6.19. The van der Waals surface area contributed by atoms with Gasteiger partial charge in [0.15, 0.2) is 0 Å². The summed E-state index contributed by atoms with van der Waals surface area (Å²) in [5.41, 5.74) is -0.280. The van der Waals surface area contributed by atoms with Crippen molar-refractivity contribution in [3.05, 3.63) is 75.9 Å². The summed E-state index contributed by atoms with van der Waals surface area (Å²) in [6, 6.07) is 12.6. The molecule has 1 aromatic carbocycles. The Kier molecular flexibility index (Phi) is 5.82. The summed E-state index contributed by atoms with van der Waals surface area (Å²) in [7, 11) is 2.36. The number of esters is 2. The summed E-state index contributed by atoms with van der Waals surface area (Å²) in [4.78, 5) is 38.8. The summed E-state index contributed by atoms with van der Waals surface area (Å²) in [6.45, 7) is 0. The SMILES string of the molecule is COC(=O)CC(c1ccc(-c2ccccc2)o1)c1c(O)c(C(=O)OC)c[nH]c1=O. The number of hydrogen-bond acceptors (Lipinski definition) is 7. The van der Waals surface area contributed by atoms with Crippen LogP contribution in [0.3, 0.4) is 0 Å². The highest BCUT2D eigenvalue weighted by molar-refractivity contribution is 5.92. The summed E-state index contributed by atoms with van der Waals surface area (Å²) in [5.74, 6) is -2.22. The van der Waals surface area contributed by atoms with Crippen LogP contribution in [-0.2, 0) is 14.3 Å². The number of benzene rings is 1. The van der Waals surface area contributed by atoms with Crippen LogP contribution in [0.4, 0.5) is 0 Å². The highest BCUT2D eigenvalue weighted by Crippen LogP contribution is 2.36. The van der Waals surface area contributed by atoms with Crippen LogP contribution in [0.5, 0.6) is 5.75 Å². The molecule has 3 aromatic rings. The predicted octanol–water partition coefficient (Wildman–Crippen LogP) is 2.82. The van der Waals surface area contributed by atoms with Gasteiger partial charge in [0.25, 0.3) is 5.56 Å². The van der Waals surface area contributed by atoms with Crippen LogP contribution in [0.15, 0.2) is 57.9 Å². The highest BCUT2D eigenvalue weighted by atomic mass is 16.5. The minimum absolute atomic E-state index is 0.188. The number of H-pyrrole nitrogens is 1. The van der Waals surface area contributed by atoms with E-state index in [1.54, 1.807) is 12.1 Å². The van der Waals surface area contributed by atoms with Crippen molar-refractivity contribution in [3.63, 3.8) is 0 Å². The minimum atomic E-state index is -0.978. The molecule has 0 aliphatic carbocycles. The Bertz CT molecular complexity index is 1080. The molecule has 1 atom stereocenters. The second-order valence-electron chi connectivity index (χ2n) is 6.19. The number of carbonyl (C=O) groups excluding carboxylic acids is 2. The number of furan rings is 1. The molecule has 0 spiro atoms. The Balaban J connectivity index is 2.13. The Morgan fingerprint density at radius 3 is 2.48 bits per heavy atom. The van der Waals surface area contributed by atoms with Crippen molar-refractivity contribution in [1.29, 1.82) is 0 Å². The molecule has 0 fully saturated rings. The molecule has 2 heterocycles. The van der Waals surface area contributed by atoms with Crippen LogP contribution in [0, 0.1) is 0 Å². The molecule has 2 N–H and O–H groups in total. The van der Waals surface area contributed by atoms with Gasteiger partial charge in [0, 0.05) is 11.8 Å². The fourth-order valence-corrected chi connectivity index (χ4v) is 3.02. The van der Waals surface area contributed by atoms with Gasteiger partial charge in [0.2, 0.25) is 0 Å². The smallest absolute Gasteiger partial charge is 0.343 e. The van der Waals surface area contributed by atoms with Crippen molar-refractivity contribution in [1.82, 2.24) is 4.98 Å². The van der Waals surface area contributed by atoms with Gasteiger partial charge in [-0.05, 0) is 12.1 Å². The third-order valence-electron chi connectivity index (χ3n) is 4.48. The summed E-state index contributed by atoms with van der Waals surface area (Å²) < 4.78 is 15.2. The molecule has 8 nitrogen and oxygen atoms in total. The van der Waals surface area contributed by atoms with E-state index in [0.29, 0.717) is 5.76 Å². The highest BCUT2D eigenvalue weighted by Gasteiger charge is 2.30. The zero-order valence-corrected chi connectivity index (χ0v) is 15.8. The van der Waals surface area contributed by atoms with Crippen LogP contribution in [-0.4, -0.2) is 36.2 Å². The van der Waals surface area contributed by atoms with Crippen LogP contribution < -0.4 is 5.56 Å². The van der Waals surface area contributed by atoms with Crippen LogP contribution in [0.2, 0.25) is 0 Å². The number of aromatic amines is 1. The van der Waals surface area contributed by atoms with E-state index >= 15 is 0 Å². The molecule has 0 bridgehead atoms. The quantitative estimate of drug-likeness (QED) is 0.614. The van der Waals surface area contributed by atoms with Crippen molar-refractivity contribution >= 4 is 11.9 Å². The maximum absolute atomic E-state index is 12.5. The monoisotopic (exact) mass is 397 g/mol. The Hall–Kier alpha value is -3.81. The number of rotatable bonds is 6. The number of nitrogens with one attached hydrogen (secondary N) is 1. The summed E-state index contributed by atoms with van der Waals surface area (Å²) >= 11 is 0. The molecule has 3 rings (SSSR count). The third kappa shape index (κ3) is 4.06. The van der Waals surface area contributed by atoms with Gasteiger partial charge in [-0.25, -0.2) is 4.79 Å². The first-order valence-corrected chi connectivity index (χ1v) is 8.71. The number of carbonyl (C=O) groups is 2. The number of hydrogen-bond donors (Lipinski definition) is 2. The molecule has 0 radical (unpaired) electrons. The molecular formula is C21H19NO7. The molecule has 0 aliphatic rings. The lowest BCUT2D eigenvalue weighted by Crippen LogP contribution is -2.21. The van der Waals surface area contributed by atoms with E-state index in [9.17, 15) is 19.5 Å². The van der Waals surface area contributed by atoms with Gasteiger partial charge in [-0.3, -0.25) is 9.59 Å². The molecule has 8 heteroatoms. The Morgan fingerprint density at radius 1 is 1.10 bits per heavy atom. The molecule has 0 aliphatic heterocycles. The van der Waals surface area contributed by atoms with Crippen molar-refractivity contribution in [3.8, 4) is 17.1 Å². The van der Waals surface area contributed by atoms with Gasteiger partial charge >= 0.3 is 11.9 Å². The fraction of sp³-hybridized carbons (Fsp3) is 0.190. The summed E-state index contributed by atoms with van der Waals surface area (Å²) in [5, 5.41) is 10.6. The molecule has 29 heavy (non-hydrogen) atoms. The average Bonchev–Trinajstić information content (AvgIpc) is 3.23. The average molecular weight is 397 g/mol. The number of aromatic nitrogens is 1. The van der Waals surface area contributed by atoms with Gasteiger partial charge in [0.05, 0.1) is 32.1 Å². The van der Waals surface area contributed by atoms with Crippen LogP contribution in [0.25, 0.3) is 11.3 Å². The molecule has 0 saturated carbocycles. The van der Waals surface area contributed by atoms with E-state index in [1.807, 2.05) is 30.3 Å². The van der Waals surface area contributed by atoms with Crippen molar-refractivity contribution in [2.45, 2.75) is 12.3 Å². The Labute approximate surface area is 165 Å². The maximum Gasteiger partial charge on any atom is 0.343 e. The first kappa shape index (κ1) is 19.9. The zero-order chi connectivity index (χ0) is 21.0. The number of methoxy groups -OCH3 is 2. The van der Waals surface area contributed by atoms with E-state index in [1.165, 1.54) is 7.11 Å². The fourth-order valence-electron chi connectivity index (χ4n) is 3.02. The van der Waals surface area contributed by atoms with Crippen molar-refractivity contribution in [2.75, 3.05) is 14.2 Å². The van der Waals surface area contributed by atoms with Gasteiger partial charge in [-0.15, -0.1) is 0 Å². The van der Waals surface area contributed by atoms with Crippen LogP contribution in [0.1, 0.15) is 34.0 Å². The van der Waals surface area contributed by atoms with E-state index in [2.05, 4.69) is 9.72 Å². The van der Waals surface area contributed by atoms with Crippen LogP contribution >= 0.6 is 0 Å². The summed E-state index contributed by atoms with van der Waals surface area (Å²) in [6.07, 6.45) is 0.777. The van der Waals surface area contributed by atoms with Gasteiger partial charge in [-0.2, -0.15) is 0 Å². The lowest BCUT2D eigenvalue weighted by Gasteiger charge is -2.16. The predicted molar refractivity (Wildman–Crippen MR) is 103 cm³/mol. The number of pyridine rings is 1. The molecule has 1 unspecified atom stereocenters. The number of aromatic hydroxyl groups is 1. The third-order valence-corrected chi connectivity index (χ3v) is 4.48. The molecule has 2 aromatic heterocycles. The van der Waals surface area contributed by atoms with Gasteiger partial charge in [-0.1, -0.05) is 30.3 Å². The largest absolute Gasteiger partial charge is 0.506 e. The standard InChI is InChI=1S/C21H19NO7/c1-27-17(23)10-13(16-9-8-15(29-16)12-6-4-3-5-7-12)18-19(24)14(21(26)28-2)11-22-20(18)25/h3-9,11,13H,10H2,1-2H3,(H2,22,24,25). The first-order valence-electron chi connectivity index (χ1n) is 8.71. The number of ether oxygens (including phenoxy) is 2. The van der Waals surface area contributed by atoms with Gasteiger partial charge in [0.1, 0.15) is 22.8 Å². The molecule has 0 amide bonds. The molecular weight excluding hydrogens is 378 g/mol. The first-order chi connectivity index (χ1) is 14.0. The van der Waals surface area contributed by atoms with Crippen molar-refractivity contribution < 1.29 is 28.6 Å². The van der Waals surface area contributed by atoms with E-state index in [4.69, 9.17) is 9.15 Å². The molecule has 150 valence electrons. The van der Waals surface area contributed by atoms with E-state index in [-0.39, 0.29) is 23.3 Å². The lowest BCUT2D eigenvalue weighted by molar-refractivity contribution is -0.140. The van der Waals surface area contributed by atoms with Crippen molar-refractivity contribution in [2.24, 2.45) is 0 Å². The van der Waals surface area contributed by atoms with E-state index in [0.717, 1.165) is 18.9 Å². The van der Waals surface area contributed by atoms with Gasteiger partial charge < -0.3 is 24.0 Å². The zero-order valence-electron chi connectivity index (χ0n) is 15.8. The normalized spacial score (nSPS) is 11.7. The Morgan fingerprint density at radius 2 is 1.83 bits per heavy atom.